The molecule has 6 heteroatoms. The number of aliphatic hydroxyl groups is 1. The molecule has 0 amide bonds. The van der Waals surface area contributed by atoms with Gasteiger partial charge in [0.25, 0.3) is 0 Å². The van der Waals surface area contributed by atoms with Crippen molar-refractivity contribution in [3.63, 3.8) is 0 Å². The number of carbonyl (C=O) groups excluding carboxylic acids is 3. The second kappa shape index (κ2) is 6.91. The minimum Gasteiger partial charge on any atom is -0.458 e. The van der Waals surface area contributed by atoms with Crippen molar-refractivity contribution in [3.8, 4) is 0 Å². The molecule has 0 spiro atoms. The first-order valence-electron chi connectivity index (χ1n) is 7.43. The molecule has 0 aromatic carbocycles. The third-order valence-corrected chi connectivity index (χ3v) is 4.06. The van der Waals surface area contributed by atoms with Gasteiger partial charge in [-0.15, -0.1) is 0 Å². The Labute approximate surface area is 134 Å². The number of aliphatic hydroxyl groups excluding tert-OH is 1. The van der Waals surface area contributed by atoms with Gasteiger partial charge in [0.1, 0.15) is 12.2 Å². The van der Waals surface area contributed by atoms with Crippen LogP contribution < -0.4 is 0 Å². The third-order valence-electron chi connectivity index (χ3n) is 4.06. The lowest BCUT2D eigenvalue weighted by atomic mass is 9.90. The highest BCUT2D eigenvalue weighted by Crippen LogP contribution is 2.31. The van der Waals surface area contributed by atoms with Crippen LogP contribution in [0, 0.1) is 0 Å². The topological polar surface area (TPSA) is 89.9 Å². The summed E-state index contributed by atoms with van der Waals surface area (Å²) in [5.41, 5.74) is 1.90. The van der Waals surface area contributed by atoms with Gasteiger partial charge in [0, 0.05) is 6.92 Å². The molecule has 0 saturated carbocycles. The average Bonchev–Trinajstić information content (AvgIpc) is 2.77. The molecule has 1 aliphatic carbocycles. The molecule has 23 heavy (non-hydrogen) atoms. The summed E-state index contributed by atoms with van der Waals surface area (Å²) in [6, 6.07) is 0. The Kier molecular flexibility index (Phi) is 5.15. The largest absolute Gasteiger partial charge is 0.458 e. The van der Waals surface area contributed by atoms with Crippen LogP contribution in [-0.2, 0) is 23.9 Å². The van der Waals surface area contributed by atoms with E-state index in [0.717, 1.165) is 0 Å². The van der Waals surface area contributed by atoms with Gasteiger partial charge in [-0.2, -0.15) is 0 Å². The molecule has 124 valence electrons. The molecule has 2 unspecified atom stereocenters. The van der Waals surface area contributed by atoms with Crippen molar-refractivity contribution in [3.05, 3.63) is 34.9 Å². The van der Waals surface area contributed by atoms with Crippen LogP contribution in [-0.4, -0.2) is 41.6 Å². The van der Waals surface area contributed by atoms with E-state index >= 15 is 0 Å². The van der Waals surface area contributed by atoms with Gasteiger partial charge in [-0.25, -0.2) is 4.79 Å². The molecule has 0 bridgehead atoms. The Balaban J connectivity index is 2.43. The molecule has 1 N–H and O–H groups in total. The van der Waals surface area contributed by atoms with E-state index in [1.165, 1.54) is 6.92 Å². The van der Waals surface area contributed by atoms with Crippen molar-refractivity contribution in [2.75, 3.05) is 6.61 Å². The number of fused-ring (bicyclic) bond motifs is 1. The normalized spacial score (nSPS) is 25.7. The number of Topliss-reactive ketones (excluding diaryl/α,β-unsaturated/α-hetero) is 1. The van der Waals surface area contributed by atoms with Crippen molar-refractivity contribution >= 4 is 17.7 Å². The molecular weight excluding hydrogens is 300 g/mol. The van der Waals surface area contributed by atoms with Crippen LogP contribution in [0.25, 0.3) is 0 Å². The number of ketones is 1. The van der Waals surface area contributed by atoms with Crippen molar-refractivity contribution in [2.45, 2.75) is 45.3 Å². The summed E-state index contributed by atoms with van der Waals surface area (Å²) in [4.78, 5) is 35.3. The van der Waals surface area contributed by atoms with Crippen LogP contribution in [0.2, 0.25) is 0 Å². The Bertz CT molecular complexity index is 625. The van der Waals surface area contributed by atoms with Crippen molar-refractivity contribution in [2.24, 2.45) is 0 Å². The van der Waals surface area contributed by atoms with Gasteiger partial charge in [0.2, 0.25) is 0 Å². The molecule has 2 atom stereocenters. The number of hydrogen-bond donors (Lipinski definition) is 1. The Morgan fingerprint density at radius 3 is 2.74 bits per heavy atom. The summed E-state index contributed by atoms with van der Waals surface area (Å²) in [5.74, 6) is -1.23. The zero-order valence-electron chi connectivity index (χ0n) is 13.3. The first kappa shape index (κ1) is 17.1. The van der Waals surface area contributed by atoms with Gasteiger partial charge >= 0.3 is 11.9 Å². The molecule has 2 aliphatic rings. The lowest BCUT2D eigenvalue weighted by molar-refractivity contribution is -0.146. The second-order valence-electron chi connectivity index (χ2n) is 5.73. The van der Waals surface area contributed by atoms with Gasteiger partial charge in [-0.1, -0.05) is 6.58 Å². The van der Waals surface area contributed by atoms with Crippen LogP contribution in [0.4, 0.5) is 0 Å². The first-order valence-corrected chi connectivity index (χ1v) is 7.43. The van der Waals surface area contributed by atoms with E-state index in [-0.39, 0.29) is 17.8 Å². The lowest BCUT2D eigenvalue weighted by Gasteiger charge is -2.21. The molecule has 0 fully saturated rings. The van der Waals surface area contributed by atoms with Gasteiger partial charge in [-0.05, 0) is 42.6 Å². The summed E-state index contributed by atoms with van der Waals surface area (Å²) >= 11 is 0. The van der Waals surface area contributed by atoms with Crippen LogP contribution in [0.3, 0.4) is 0 Å². The zero-order valence-corrected chi connectivity index (χ0v) is 13.3. The maximum atomic E-state index is 12.2. The van der Waals surface area contributed by atoms with E-state index < -0.39 is 30.8 Å². The molecule has 0 aromatic heterocycles. The zero-order chi connectivity index (χ0) is 17.1. The number of allylic oxidation sites excluding steroid dienone is 1. The molecule has 6 nitrogen and oxygen atoms in total. The fourth-order valence-electron chi connectivity index (χ4n) is 2.73. The average molecular weight is 320 g/mol. The molecule has 1 heterocycles. The van der Waals surface area contributed by atoms with E-state index in [9.17, 15) is 19.5 Å². The van der Waals surface area contributed by atoms with E-state index in [4.69, 9.17) is 9.47 Å². The van der Waals surface area contributed by atoms with Gasteiger partial charge < -0.3 is 14.6 Å². The monoisotopic (exact) mass is 320 g/mol. The van der Waals surface area contributed by atoms with Crippen LogP contribution in [0.1, 0.15) is 33.1 Å². The van der Waals surface area contributed by atoms with Gasteiger partial charge in [0.15, 0.2) is 5.78 Å². The maximum Gasteiger partial charge on any atom is 0.337 e. The highest BCUT2D eigenvalue weighted by atomic mass is 16.6. The summed E-state index contributed by atoms with van der Waals surface area (Å²) in [5, 5.41) is 9.38. The van der Waals surface area contributed by atoms with Gasteiger partial charge in [-0.3, -0.25) is 9.59 Å². The van der Waals surface area contributed by atoms with Crippen molar-refractivity contribution < 1.29 is 29.0 Å². The second-order valence-corrected chi connectivity index (χ2v) is 5.73. The number of hydrogen-bond acceptors (Lipinski definition) is 6. The fraction of sp³-hybridized carbons (Fsp3) is 0.471. The highest BCUT2D eigenvalue weighted by Gasteiger charge is 2.34. The summed E-state index contributed by atoms with van der Waals surface area (Å²) < 4.78 is 10.5. The molecule has 2 rings (SSSR count). The van der Waals surface area contributed by atoms with Crippen LogP contribution in [0.5, 0.6) is 0 Å². The molecule has 1 aliphatic heterocycles. The Hall–Kier alpha value is -2.21. The number of carbonyl (C=O) groups is 3. The predicted molar refractivity (Wildman–Crippen MR) is 81.3 cm³/mol. The quantitative estimate of drug-likeness (QED) is 0.470. The van der Waals surface area contributed by atoms with Crippen LogP contribution in [0.15, 0.2) is 34.9 Å². The maximum absolute atomic E-state index is 12.2. The lowest BCUT2D eigenvalue weighted by Crippen LogP contribution is -2.24. The number of esters is 2. The minimum absolute atomic E-state index is 0.0211. The van der Waals surface area contributed by atoms with E-state index in [1.54, 1.807) is 13.0 Å². The predicted octanol–water partition coefficient (Wildman–Crippen LogP) is 1.39. The summed E-state index contributed by atoms with van der Waals surface area (Å²) in [6.45, 7) is 6.35. The van der Waals surface area contributed by atoms with E-state index in [1.807, 2.05) is 0 Å². The summed E-state index contributed by atoms with van der Waals surface area (Å²) in [6.07, 6.45) is 1.15. The van der Waals surface area contributed by atoms with E-state index in [2.05, 4.69) is 6.58 Å². The van der Waals surface area contributed by atoms with E-state index in [0.29, 0.717) is 29.6 Å². The molecular formula is C17H20O6. The van der Waals surface area contributed by atoms with Crippen molar-refractivity contribution in [1.82, 2.24) is 0 Å². The first-order chi connectivity index (χ1) is 10.8. The standard InChI is InChI=1S/C17H20O6/c1-9-4-5-12-13(8-18)17(21)23-16(12)6-10(2)15(7-14(9)20)22-11(3)19/h6,15-16,18H,1,4-5,7-8H2,2-3H3. The third kappa shape index (κ3) is 3.76. The fourth-order valence-corrected chi connectivity index (χ4v) is 2.73. The minimum atomic E-state index is -0.715. The molecule has 0 saturated heterocycles. The molecule has 0 radical (unpaired) electrons. The SMILES string of the molecule is C=C1CCC2=C(CO)C(=O)OC2C=C(C)C(OC(C)=O)CC1=O. The van der Waals surface area contributed by atoms with Crippen LogP contribution >= 0.6 is 0 Å². The van der Waals surface area contributed by atoms with Gasteiger partial charge in [0.05, 0.1) is 18.6 Å². The Morgan fingerprint density at radius 1 is 1.43 bits per heavy atom. The number of rotatable bonds is 2. The highest BCUT2D eigenvalue weighted by molar-refractivity contribution is 5.96. The number of ether oxygens (including phenoxy) is 2. The molecule has 0 aromatic rings. The summed E-state index contributed by atoms with van der Waals surface area (Å²) in [7, 11) is 0. The smallest absolute Gasteiger partial charge is 0.337 e. The Morgan fingerprint density at radius 2 is 2.13 bits per heavy atom. The van der Waals surface area contributed by atoms with Crippen molar-refractivity contribution in [1.29, 1.82) is 0 Å².